The smallest absolute Gasteiger partial charge is 0.196 e. The van der Waals surface area contributed by atoms with Gasteiger partial charge in [0.05, 0.1) is 5.92 Å². The number of hydrogen-bond acceptors (Lipinski definition) is 2. The number of carbonyl (C=O) groups is 1. The van der Waals surface area contributed by atoms with Gasteiger partial charge in [0.25, 0.3) is 0 Å². The van der Waals surface area contributed by atoms with Gasteiger partial charge in [0.1, 0.15) is 0 Å². The van der Waals surface area contributed by atoms with Gasteiger partial charge in [0.15, 0.2) is 5.12 Å². The number of thioether (sulfide) groups is 1. The van der Waals surface area contributed by atoms with Gasteiger partial charge in [-0.2, -0.15) is 0 Å². The largest absolute Gasteiger partial charge is 0.287 e. The molecule has 1 nitrogen and oxygen atoms in total. The molecule has 0 amide bonds. The maximum absolute atomic E-state index is 12.0. The first-order valence-electron chi connectivity index (χ1n) is 7.42. The van der Waals surface area contributed by atoms with Crippen molar-refractivity contribution in [2.75, 3.05) is 6.26 Å². The van der Waals surface area contributed by atoms with Crippen LogP contribution in [0, 0.1) is 0 Å². The van der Waals surface area contributed by atoms with Crippen molar-refractivity contribution < 1.29 is 4.79 Å². The summed E-state index contributed by atoms with van der Waals surface area (Å²) < 4.78 is 0. The molecule has 1 rings (SSSR count). The highest BCUT2D eigenvalue weighted by Crippen LogP contribution is 2.27. The van der Waals surface area contributed by atoms with E-state index in [1.807, 2.05) is 24.5 Å². The fourth-order valence-corrected chi connectivity index (χ4v) is 2.92. The zero-order valence-electron chi connectivity index (χ0n) is 12.2. The van der Waals surface area contributed by atoms with E-state index in [4.69, 9.17) is 0 Å². The normalized spacial score (nSPS) is 12.3. The van der Waals surface area contributed by atoms with E-state index < -0.39 is 0 Å². The van der Waals surface area contributed by atoms with Crippen LogP contribution in [0.2, 0.25) is 0 Å². The molecule has 2 heteroatoms. The Morgan fingerprint density at radius 2 is 1.68 bits per heavy atom. The Morgan fingerprint density at radius 1 is 1.05 bits per heavy atom. The average Bonchev–Trinajstić information content (AvgIpc) is 2.47. The molecule has 0 bridgehead atoms. The fraction of sp³-hybridized carbons (Fsp3) is 0.588. The Kier molecular flexibility index (Phi) is 8.64. The first-order chi connectivity index (χ1) is 9.29. The Bertz CT molecular complexity index is 348. The van der Waals surface area contributed by atoms with E-state index in [9.17, 15) is 4.79 Å². The van der Waals surface area contributed by atoms with E-state index in [1.165, 1.54) is 49.4 Å². The minimum absolute atomic E-state index is 0.0855. The number of hydrogen-bond donors (Lipinski definition) is 0. The third-order valence-corrected chi connectivity index (χ3v) is 4.22. The minimum atomic E-state index is 0.0855. The summed E-state index contributed by atoms with van der Waals surface area (Å²) in [6.07, 6.45) is 10.6. The minimum Gasteiger partial charge on any atom is -0.287 e. The average molecular weight is 278 g/mol. The summed E-state index contributed by atoms with van der Waals surface area (Å²) in [4.78, 5) is 12.0. The van der Waals surface area contributed by atoms with Gasteiger partial charge in [0, 0.05) is 0 Å². The molecule has 0 aliphatic carbocycles. The molecule has 0 radical (unpaired) electrons. The van der Waals surface area contributed by atoms with E-state index >= 15 is 0 Å². The molecular formula is C17H26OS. The summed E-state index contributed by atoms with van der Waals surface area (Å²) in [5.41, 5.74) is 1.18. The lowest BCUT2D eigenvalue weighted by Gasteiger charge is -2.14. The van der Waals surface area contributed by atoms with E-state index in [-0.39, 0.29) is 5.92 Å². The van der Waals surface area contributed by atoms with Gasteiger partial charge < -0.3 is 0 Å². The highest BCUT2D eigenvalue weighted by molar-refractivity contribution is 8.13. The van der Waals surface area contributed by atoms with Crippen molar-refractivity contribution >= 4 is 16.9 Å². The van der Waals surface area contributed by atoms with Crippen LogP contribution < -0.4 is 0 Å². The monoisotopic (exact) mass is 278 g/mol. The van der Waals surface area contributed by atoms with E-state index in [0.29, 0.717) is 5.12 Å². The van der Waals surface area contributed by atoms with Crippen LogP contribution in [0.15, 0.2) is 30.3 Å². The van der Waals surface area contributed by atoms with Crippen molar-refractivity contribution in [3.8, 4) is 0 Å². The van der Waals surface area contributed by atoms with E-state index in [1.54, 1.807) is 0 Å². The van der Waals surface area contributed by atoms with Crippen molar-refractivity contribution in [2.45, 2.75) is 57.8 Å². The van der Waals surface area contributed by atoms with E-state index in [0.717, 1.165) is 12.8 Å². The second-order valence-electron chi connectivity index (χ2n) is 5.04. The van der Waals surface area contributed by atoms with Crippen LogP contribution >= 0.6 is 11.8 Å². The molecule has 0 spiro atoms. The maximum Gasteiger partial charge on any atom is 0.196 e. The highest BCUT2D eigenvalue weighted by atomic mass is 32.2. The molecule has 1 aromatic carbocycles. The second kappa shape index (κ2) is 10.1. The number of carbonyl (C=O) groups excluding carboxylic acids is 1. The third kappa shape index (κ3) is 6.29. The van der Waals surface area contributed by atoms with Crippen molar-refractivity contribution in [2.24, 2.45) is 0 Å². The van der Waals surface area contributed by atoms with Crippen molar-refractivity contribution in [3.05, 3.63) is 35.9 Å². The third-order valence-electron chi connectivity index (χ3n) is 3.53. The van der Waals surface area contributed by atoms with Crippen LogP contribution in [0.1, 0.15) is 63.4 Å². The quantitative estimate of drug-likeness (QED) is 0.562. The van der Waals surface area contributed by atoms with Crippen LogP contribution in [-0.2, 0) is 4.79 Å². The topological polar surface area (TPSA) is 17.1 Å². The summed E-state index contributed by atoms with van der Waals surface area (Å²) >= 11 is 1.36. The standard InChI is InChI=1S/C17H26OS/c1-3-4-5-6-7-11-14-16(17(18)19-2)15-12-9-8-10-13-15/h8-10,12-13,16H,3-7,11,14H2,1-2H3. The van der Waals surface area contributed by atoms with Gasteiger partial charge >= 0.3 is 0 Å². The molecule has 106 valence electrons. The first kappa shape index (κ1) is 16.3. The van der Waals surface area contributed by atoms with Crippen molar-refractivity contribution in [1.82, 2.24) is 0 Å². The molecule has 0 aliphatic rings. The molecule has 0 fully saturated rings. The molecule has 0 aromatic heterocycles. The Balaban J connectivity index is 2.41. The van der Waals surface area contributed by atoms with Gasteiger partial charge in [-0.05, 0) is 18.2 Å². The summed E-state index contributed by atoms with van der Waals surface area (Å²) in [7, 11) is 0. The summed E-state index contributed by atoms with van der Waals surface area (Å²) in [5.74, 6) is 0.0855. The fourth-order valence-electron chi connectivity index (χ4n) is 2.38. The van der Waals surface area contributed by atoms with Crippen LogP contribution in [-0.4, -0.2) is 11.4 Å². The lowest BCUT2D eigenvalue weighted by molar-refractivity contribution is -0.112. The lowest BCUT2D eigenvalue weighted by Crippen LogP contribution is -2.08. The number of unbranched alkanes of at least 4 members (excludes halogenated alkanes) is 5. The summed E-state index contributed by atoms with van der Waals surface area (Å²) in [6, 6.07) is 10.2. The van der Waals surface area contributed by atoms with Crippen LogP contribution in [0.3, 0.4) is 0 Å². The van der Waals surface area contributed by atoms with E-state index in [2.05, 4.69) is 19.1 Å². The first-order valence-corrected chi connectivity index (χ1v) is 8.64. The summed E-state index contributed by atoms with van der Waals surface area (Å²) in [6.45, 7) is 2.24. The summed E-state index contributed by atoms with van der Waals surface area (Å²) in [5, 5.41) is 0.305. The predicted octanol–water partition coefficient (Wildman–Crippen LogP) is 5.41. The number of rotatable bonds is 9. The van der Waals surface area contributed by atoms with Crippen LogP contribution in [0.25, 0.3) is 0 Å². The molecule has 0 saturated heterocycles. The van der Waals surface area contributed by atoms with Gasteiger partial charge in [-0.3, -0.25) is 4.79 Å². The Labute approximate surface area is 122 Å². The lowest BCUT2D eigenvalue weighted by atomic mass is 9.94. The van der Waals surface area contributed by atoms with Gasteiger partial charge in [-0.15, -0.1) is 0 Å². The molecule has 0 heterocycles. The van der Waals surface area contributed by atoms with Crippen molar-refractivity contribution in [3.63, 3.8) is 0 Å². The maximum atomic E-state index is 12.0. The Hall–Kier alpha value is -0.760. The SMILES string of the molecule is CCCCCCCCC(C(=O)SC)c1ccccc1. The second-order valence-corrected chi connectivity index (χ2v) is 5.85. The molecule has 0 aliphatic heterocycles. The Morgan fingerprint density at radius 3 is 2.32 bits per heavy atom. The van der Waals surface area contributed by atoms with Gasteiger partial charge in [-0.25, -0.2) is 0 Å². The molecule has 1 atom stereocenters. The predicted molar refractivity (Wildman–Crippen MR) is 85.7 cm³/mol. The van der Waals surface area contributed by atoms with Gasteiger partial charge in [-0.1, -0.05) is 87.5 Å². The molecular weight excluding hydrogens is 252 g/mol. The molecule has 1 unspecified atom stereocenters. The van der Waals surface area contributed by atoms with Crippen LogP contribution in [0.5, 0.6) is 0 Å². The highest BCUT2D eigenvalue weighted by Gasteiger charge is 2.18. The zero-order valence-corrected chi connectivity index (χ0v) is 13.0. The molecule has 0 N–H and O–H groups in total. The zero-order chi connectivity index (χ0) is 13.9. The van der Waals surface area contributed by atoms with Gasteiger partial charge in [0.2, 0.25) is 0 Å². The number of benzene rings is 1. The molecule has 0 saturated carbocycles. The molecule has 1 aromatic rings. The van der Waals surface area contributed by atoms with Crippen LogP contribution in [0.4, 0.5) is 0 Å². The van der Waals surface area contributed by atoms with Crippen molar-refractivity contribution in [1.29, 1.82) is 0 Å². The molecule has 19 heavy (non-hydrogen) atoms.